The molecule has 1 N–H and O–H groups in total. The first-order valence-electron chi connectivity index (χ1n) is 7.93. The fraction of sp³-hybridized carbons (Fsp3) is 0.562. The number of aryl methyl sites for hydroxylation is 3. The second-order valence-electron chi connectivity index (χ2n) is 6.26. The molecule has 1 aliphatic rings. The zero-order valence-corrected chi connectivity index (χ0v) is 13.5. The highest BCUT2D eigenvalue weighted by Crippen LogP contribution is 2.17. The van der Waals surface area contributed by atoms with Gasteiger partial charge in [-0.2, -0.15) is 5.10 Å². The summed E-state index contributed by atoms with van der Waals surface area (Å²) in [4.78, 5) is 16.8. The van der Waals surface area contributed by atoms with Crippen LogP contribution >= 0.6 is 0 Å². The topological polar surface area (TPSA) is 64.7 Å². The van der Waals surface area contributed by atoms with E-state index >= 15 is 0 Å². The number of amides is 1. The van der Waals surface area contributed by atoms with E-state index in [1.54, 1.807) is 0 Å². The average Bonchev–Trinajstić information content (AvgIpc) is 3.02. The van der Waals surface area contributed by atoms with E-state index in [0.29, 0.717) is 12.2 Å². The first kappa shape index (κ1) is 14.8. The minimum atomic E-state index is -0.0625. The lowest BCUT2D eigenvalue weighted by molar-refractivity contribution is -0.115. The van der Waals surface area contributed by atoms with Gasteiger partial charge in [-0.25, -0.2) is 4.98 Å². The summed E-state index contributed by atoms with van der Waals surface area (Å²) in [5.74, 6) is 1.68. The van der Waals surface area contributed by atoms with Crippen molar-refractivity contribution in [1.82, 2.24) is 19.3 Å². The molecule has 0 spiro atoms. The van der Waals surface area contributed by atoms with Crippen LogP contribution in [0.3, 0.4) is 0 Å². The van der Waals surface area contributed by atoms with Gasteiger partial charge in [0.25, 0.3) is 0 Å². The number of fused-ring (bicyclic) bond motifs is 1. The summed E-state index contributed by atoms with van der Waals surface area (Å²) < 4.78 is 4.03. The van der Waals surface area contributed by atoms with Crippen molar-refractivity contribution in [1.29, 1.82) is 0 Å². The minimum Gasteiger partial charge on any atom is -0.335 e. The van der Waals surface area contributed by atoms with Gasteiger partial charge in [-0.15, -0.1) is 0 Å². The molecule has 0 aromatic carbocycles. The highest BCUT2D eigenvalue weighted by Gasteiger charge is 2.16. The molecule has 0 aliphatic carbocycles. The van der Waals surface area contributed by atoms with Crippen LogP contribution in [0.25, 0.3) is 0 Å². The molecule has 0 unspecified atom stereocenters. The van der Waals surface area contributed by atoms with Crippen molar-refractivity contribution < 1.29 is 4.79 Å². The van der Waals surface area contributed by atoms with Crippen LogP contribution in [0.15, 0.2) is 12.4 Å². The molecule has 3 rings (SSSR count). The Morgan fingerprint density at radius 2 is 2.18 bits per heavy atom. The third-order valence-corrected chi connectivity index (χ3v) is 4.00. The molecular weight excluding hydrogens is 278 g/mol. The van der Waals surface area contributed by atoms with Gasteiger partial charge in [0.15, 0.2) is 5.82 Å². The minimum absolute atomic E-state index is 0.0625. The number of nitrogens with zero attached hydrogens (tertiary/aromatic N) is 4. The average molecular weight is 301 g/mol. The van der Waals surface area contributed by atoms with Crippen molar-refractivity contribution in [2.45, 2.75) is 59.0 Å². The Hall–Kier alpha value is -2.11. The molecule has 0 saturated heterocycles. The van der Waals surface area contributed by atoms with Gasteiger partial charge < -0.3 is 9.88 Å². The first-order valence-corrected chi connectivity index (χ1v) is 7.93. The summed E-state index contributed by atoms with van der Waals surface area (Å²) in [5, 5.41) is 7.31. The predicted octanol–water partition coefficient (Wildman–Crippen LogP) is 2.49. The predicted molar refractivity (Wildman–Crippen MR) is 84.8 cm³/mol. The summed E-state index contributed by atoms with van der Waals surface area (Å²) >= 11 is 0. The fourth-order valence-electron chi connectivity index (χ4n) is 2.77. The molecule has 0 fully saturated rings. The largest absolute Gasteiger partial charge is 0.335 e. The van der Waals surface area contributed by atoms with Gasteiger partial charge in [-0.3, -0.25) is 9.48 Å². The maximum atomic E-state index is 12.2. The van der Waals surface area contributed by atoms with Crippen LogP contribution in [0.5, 0.6) is 0 Å². The standard InChI is InChI=1S/C16H23N5O/c1-11(2)21-9-12(3)16(19-21)18-15(22)8-13-10-20-7-5-4-6-14(20)17-13/h9-11H,4-8H2,1-3H3,(H,18,19,22). The van der Waals surface area contributed by atoms with Gasteiger partial charge in [0, 0.05) is 37.0 Å². The number of aromatic nitrogens is 4. The maximum absolute atomic E-state index is 12.2. The normalized spacial score (nSPS) is 14.2. The molecule has 2 aromatic rings. The monoisotopic (exact) mass is 301 g/mol. The van der Waals surface area contributed by atoms with Gasteiger partial charge >= 0.3 is 0 Å². The number of hydrogen-bond donors (Lipinski definition) is 1. The first-order chi connectivity index (χ1) is 10.5. The highest BCUT2D eigenvalue weighted by molar-refractivity contribution is 5.91. The zero-order chi connectivity index (χ0) is 15.7. The molecule has 3 heterocycles. The second kappa shape index (κ2) is 5.94. The van der Waals surface area contributed by atoms with E-state index in [4.69, 9.17) is 0 Å². The number of carbonyl (C=O) groups excluding carboxylic acids is 1. The molecule has 0 bridgehead atoms. The van der Waals surface area contributed by atoms with Gasteiger partial charge in [0.05, 0.1) is 12.1 Å². The quantitative estimate of drug-likeness (QED) is 0.943. The van der Waals surface area contributed by atoms with Crippen molar-refractivity contribution in [3.63, 3.8) is 0 Å². The van der Waals surface area contributed by atoms with E-state index < -0.39 is 0 Å². The van der Waals surface area contributed by atoms with E-state index in [0.717, 1.165) is 30.0 Å². The third-order valence-electron chi connectivity index (χ3n) is 4.00. The molecule has 0 saturated carbocycles. The van der Waals surface area contributed by atoms with Gasteiger partial charge in [-0.05, 0) is 33.6 Å². The van der Waals surface area contributed by atoms with Crippen LogP contribution in [0.4, 0.5) is 5.82 Å². The van der Waals surface area contributed by atoms with Crippen LogP contribution in [0.1, 0.15) is 49.8 Å². The Bertz CT molecular complexity index is 659. The number of imidazole rings is 1. The Balaban J connectivity index is 1.66. The molecule has 6 nitrogen and oxygen atoms in total. The number of carbonyl (C=O) groups is 1. The molecule has 0 atom stereocenters. The van der Waals surface area contributed by atoms with Crippen LogP contribution in [0.2, 0.25) is 0 Å². The molecular formula is C16H23N5O. The number of hydrogen-bond acceptors (Lipinski definition) is 3. The van der Waals surface area contributed by atoms with E-state index in [2.05, 4.69) is 33.8 Å². The Morgan fingerprint density at radius 3 is 2.86 bits per heavy atom. The number of rotatable bonds is 4. The Labute approximate surface area is 130 Å². The molecule has 1 aliphatic heterocycles. The molecule has 22 heavy (non-hydrogen) atoms. The summed E-state index contributed by atoms with van der Waals surface area (Å²) in [6.07, 6.45) is 7.66. The molecule has 1 amide bonds. The van der Waals surface area contributed by atoms with Crippen LogP contribution in [-0.4, -0.2) is 25.2 Å². The number of anilines is 1. The Kier molecular flexibility index (Phi) is 4.00. The fourth-order valence-corrected chi connectivity index (χ4v) is 2.77. The summed E-state index contributed by atoms with van der Waals surface area (Å²) in [7, 11) is 0. The third kappa shape index (κ3) is 3.05. The van der Waals surface area contributed by atoms with Crippen LogP contribution in [0, 0.1) is 6.92 Å². The van der Waals surface area contributed by atoms with Crippen molar-refractivity contribution in [3.8, 4) is 0 Å². The maximum Gasteiger partial charge on any atom is 0.231 e. The SMILES string of the molecule is Cc1cn(C(C)C)nc1NC(=O)Cc1cn2c(n1)CCCC2. The second-order valence-corrected chi connectivity index (χ2v) is 6.26. The summed E-state index contributed by atoms with van der Waals surface area (Å²) in [5.41, 5.74) is 1.82. The van der Waals surface area contributed by atoms with Crippen molar-refractivity contribution >= 4 is 11.7 Å². The summed E-state index contributed by atoms with van der Waals surface area (Å²) in [6, 6.07) is 0.282. The van der Waals surface area contributed by atoms with E-state index in [1.807, 2.05) is 24.0 Å². The lowest BCUT2D eigenvalue weighted by Crippen LogP contribution is -2.16. The van der Waals surface area contributed by atoms with Crippen molar-refractivity contribution in [2.75, 3.05) is 5.32 Å². The van der Waals surface area contributed by atoms with Crippen LogP contribution < -0.4 is 5.32 Å². The lowest BCUT2D eigenvalue weighted by Gasteiger charge is -2.11. The Morgan fingerprint density at radius 1 is 1.36 bits per heavy atom. The molecule has 6 heteroatoms. The smallest absolute Gasteiger partial charge is 0.231 e. The van der Waals surface area contributed by atoms with Gasteiger partial charge in [0.2, 0.25) is 5.91 Å². The highest BCUT2D eigenvalue weighted by atomic mass is 16.1. The molecule has 2 aromatic heterocycles. The molecule has 118 valence electrons. The van der Waals surface area contributed by atoms with Crippen molar-refractivity contribution in [2.24, 2.45) is 0 Å². The van der Waals surface area contributed by atoms with Gasteiger partial charge in [0.1, 0.15) is 5.82 Å². The molecule has 0 radical (unpaired) electrons. The van der Waals surface area contributed by atoms with Crippen LogP contribution in [-0.2, 0) is 24.2 Å². The van der Waals surface area contributed by atoms with E-state index in [1.165, 1.54) is 12.8 Å². The zero-order valence-electron chi connectivity index (χ0n) is 13.5. The lowest BCUT2D eigenvalue weighted by atomic mass is 10.2. The van der Waals surface area contributed by atoms with Crippen molar-refractivity contribution in [3.05, 3.63) is 29.5 Å². The summed E-state index contributed by atoms with van der Waals surface area (Å²) in [6.45, 7) is 7.10. The van der Waals surface area contributed by atoms with Gasteiger partial charge in [-0.1, -0.05) is 0 Å². The van der Waals surface area contributed by atoms with E-state index in [9.17, 15) is 4.79 Å². The number of nitrogens with one attached hydrogen (secondary N) is 1. The van der Waals surface area contributed by atoms with E-state index in [-0.39, 0.29) is 11.9 Å².